The molecule has 0 aliphatic heterocycles. The van der Waals surface area contributed by atoms with Crippen LogP contribution in [0.3, 0.4) is 0 Å². The Balaban J connectivity index is 2.97. The van der Waals surface area contributed by atoms with Crippen molar-refractivity contribution in [3.63, 3.8) is 0 Å². The fourth-order valence-electron chi connectivity index (χ4n) is 1.90. The maximum absolute atomic E-state index is 10.4. The molecule has 0 aliphatic rings. The van der Waals surface area contributed by atoms with Crippen LogP contribution in [-0.2, 0) is 39.5 Å². The van der Waals surface area contributed by atoms with Gasteiger partial charge in [0.1, 0.15) is 0 Å². The van der Waals surface area contributed by atoms with Crippen molar-refractivity contribution in [3.8, 4) is 0 Å². The normalized spacial score (nSPS) is 11.1. The van der Waals surface area contributed by atoms with E-state index in [-0.39, 0.29) is 6.61 Å². The standard InChI is InChI=1S/C16H33O5.H2O.O.Ti/c17-9-1-3-11-19-13-5-7-15-21-16-8-6-14-20-12-4-2-10-18;;;/h17H,1-16H2;1H2;;/q-1;;;+2/p-1. The Bertz CT molecular complexity index is 267. The van der Waals surface area contributed by atoms with E-state index >= 15 is 0 Å². The molecule has 0 spiro atoms. The molecule has 0 saturated heterocycles. The molecule has 0 aromatic rings. The third kappa shape index (κ3) is 22.3. The van der Waals surface area contributed by atoms with Crippen LogP contribution in [0.25, 0.3) is 0 Å². The first-order valence-electron chi connectivity index (χ1n) is 8.97. The summed E-state index contributed by atoms with van der Waals surface area (Å²) in [5.41, 5.74) is 0. The summed E-state index contributed by atoms with van der Waals surface area (Å²) in [7, 11) is 0. The molecule has 0 rings (SSSR count). The predicted octanol–water partition coefficient (Wildman–Crippen LogP) is 1.95. The minimum absolute atomic E-state index is 0.242. The number of aliphatic hydroxyl groups is 1. The molecule has 0 unspecified atom stereocenters. The monoisotopic (exact) mass is 386 g/mol. The Morgan fingerprint density at radius 1 is 0.583 bits per heavy atom. The van der Waals surface area contributed by atoms with Crippen molar-refractivity contribution < 1.29 is 48.3 Å². The molecular formula is C16H34O7Ti. The van der Waals surface area contributed by atoms with Gasteiger partial charge in [-0.1, -0.05) is 0 Å². The second-order valence-electron chi connectivity index (χ2n) is 5.50. The molecule has 24 heavy (non-hydrogen) atoms. The summed E-state index contributed by atoms with van der Waals surface area (Å²) in [6, 6.07) is 0. The molecule has 0 radical (unpaired) electrons. The van der Waals surface area contributed by atoms with Crippen molar-refractivity contribution in [1.29, 1.82) is 0 Å². The van der Waals surface area contributed by atoms with Crippen molar-refractivity contribution in [2.75, 3.05) is 52.9 Å². The molecular weight excluding hydrogens is 352 g/mol. The summed E-state index contributed by atoms with van der Waals surface area (Å²) < 4.78 is 40.0. The molecule has 144 valence electrons. The zero-order valence-electron chi connectivity index (χ0n) is 14.7. The molecule has 0 bridgehead atoms. The van der Waals surface area contributed by atoms with Crippen molar-refractivity contribution in [3.05, 3.63) is 0 Å². The van der Waals surface area contributed by atoms with E-state index in [1.165, 1.54) is 0 Å². The molecule has 0 saturated carbocycles. The van der Waals surface area contributed by atoms with Crippen LogP contribution < -0.4 is 0 Å². The zero-order valence-corrected chi connectivity index (χ0v) is 16.3. The van der Waals surface area contributed by atoms with E-state index in [0.717, 1.165) is 84.4 Å². The van der Waals surface area contributed by atoms with Gasteiger partial charge in [0.2, 0.25) is 0 Å². The SMILES string of the molecule is [O]=[Ti]([OH])[O]CCCCOCCCCOCCCCOCCCCO. The van der Waals surface area contributed by atoms with Crippen LogP contribution >= 0.6 is 0 Å². The van der Waals surface area contributed by atoms with Crippen LogP contribution in [-0.4, -0.2) is 61.6 Å². The van der Waals surface area contributed by atoms with E-state index in [9.17, 15) is 3.32 Å². The Kier molecular flexibility index (Phi) is 21.6. The van der Waals surface area contributed by atoms with E-state index < -0.39 is 18.6 Å². The van der Waals surface area contributed by atoms with E-state index in [1.807, 2.05) is 0 Å². The molecule has 0 aromatic carbocycles. The Labute approximate surface area is 152 Å². The molecule has 8 heteroatoms. The van der Waals surface area contributed by atoms with Crippen LogP contribution in [0, 0.1) is 0 Å². The minimum atomic E-state index is -3.32. The van der Waals surface area contributed by atoms with Gasteiger partial charge in [-0.15, -0.1) is 0 Å². The number of hydrogen-bond acceptors (Lipinski definition) is 6. The van der Waals surface area contributed by atoms with Crippen molar-refractivity contribution in [2.45, 2.75) is 51.4 Å². The van der Waals surface area contributed by atoms with Gasteiger partial charge < -0.3 is 9.84 Å². The third-order valence-corrected chi connectivity index (χ3v) is 3.96. The third-order valence-electron chi connectivity index (χ3n) is 3.26. The van der Waals surface area contributed by atoms with Crippen molar-refractivity contribution >= 4 is 0 Å². The van der Waals surface area contributed by atoms with Gasteiger partial charge in [-0.05, 0) is 25.7 Å². The molecule has 0 heterocycles. The molecule has 2 N–H and O–H groups in total. The average molecular weight is 386 g/mol. The van der Waals surface area contributed by atoms with Crippen molar-refractivity contribution in [2.24, 2.45) is 0 Å². The Hall–Kier alpha value is 0.274. The first-order chi connectivity index (χ1) is 11.8. The van der Waals surface area contributed by atoms with Crippen LogP contribution in [0.1, 0.15) is 51.4 Å². The molecule has 7 nitrogen and oxygen atoms in total. The van der Waals surface area contributed by atoms with E-state index in [1.54, 1.807) is 0 Å². The van der Waals surface area contributed by atoms with Gasteiger partial charge in [0.05, 0.1) is 0 Å². The fraction of sp³-hybridized carbons (Fsp3) is 1.00. The zero-order chi connectivity index (χ0) is 17.7. The second kappa shape index (κ2) is 21.3. The van der Waals surface area contributed by atoms with E-state index in [2.05, 4.69) is 3.32 Å². The number of aliphatic hydroxyl groups excluding tert-OH is 1. The Morgan fingerprint density at radius 2 is 0.917 bits per heavy atom. The van der Waals surface area contributed by atoms with Crippen LogP contribution in [0.15, 0.2) is 0 Å². The van der Waals surface area contributed by atoms with Crippen LogP contribution in [0.4, 0.5) is 0 Å². The van der Waals surface area contributed by atoms with Crippen LogP contribution in [0.5, 0.6) is 0 Å². The number of rotatable bonds is 20. The fourth-order valence-corrected chi connectivity index (χ4v) is 2.40. The average Bonchev–Trinajstić information content (AvgIpc) is 2.56. The molecule has 0 fully saturated rings. The first kappa shape index (κ1) is 24.3. The summed E-state index contributed by atoms with van der Waals surface area (Å²) >= 11 is -3.32. The van der Waals surface area contributed by atoms with Crippen molar-refractivity contribution in [1.82, 2.24) is 0 Å². The summed E-state index contributed by atoms with van der Waals surface area (Å²) in [6.07, 6.45) is 7.35. The summed E-state index contributed by atoms with van der Waals surface area (Å²) in [4.78, 5) is 0. The van der Waals surface area contributed by atoms with Gasteiger partial charge in [-0.25, -0.2) is 0 Å². The minimum Gasteiger partial charge on any atom is -0.396 e. The summed E-state index contributed by atoms with van der Waals surface area (Å²) in [5, 5.41) is 8.62. The van der Waals surface area contributed by atoms with Crippen LogP contribution in [0.2, 0.25) is 0 Å². The first-order valence-corrected chi connectivity index (χ1v) is 10.9. The Morgan fingerprint density at radius 3 is 1.25 bits per heavy atom. The number of ether oxygens (including phenoxy) is 3. The molecule has 0 aliphatic carbocycles. The van der Waals surface area contributed by atoms with Gasteiger partial charge in [0.15, 0.2) is 0 Å². The number of unbranched alkanes of at least 4 members (excludes halogenated alkanes) is 4. The topological polar surface area (TPSA) is 94.5 Å². The van der Waals surface area contributed by atoms with Gasteiger partial charge in [0, 0.05) is 19.8 Å². The van der Waals surface area contributed by atoms with E-state index in [0.29, 0.717) is 13.2 Å². The van der Waals surface area contributed by atoms with Gasteiger partial charge in [-0.2, -0.15) is 0 Å². The number of hydrogen-bond donors (Lipinski definition) is 2. The van der Waals surface area contributed by atoms with E-state index in [4.69, 9.17) is 23.0 Å². The van der Waals surface area contributed by atoms with Gasteiger partial charge in [-0.3, -0.25) is 0 Å². The van der Waals surface area contributed by atoms with Gasteiger partial charge >= 0.3 is 97.1 Å². The second-order valence-corrected chi connectivity index (χ2v) is 6.78. The quantitative estimate of drug-likeness (QED) is 0.244. The predicted molar refractivity (Wildman–Crippen MR) is 85.3 cm³/mol. The molecule has 0 atom stereocenters. The smallest absolute Gasteiger partial charge is 0.396 e. The van der Waals surface area contributed by atoms with Gasteiger partial charge in [0.25, 0.3) is 0 Å². The maximum atomic E-state index is 10.4. The summed E-state index contributed by atoms with van der Waals surface area (Å²) in [6.45, 7) is 5.03. The summed E-state index contributed by atoms with van der Waals surface area (Å²) in [5.74, 6) is 0. The molecule has 0 aromatic heterocycles. The molecule has 0 amide bonds.